The van der Waals surface area contributed by atoms with Gasteiger partial charge in [-0.05, 0) is 0 Å². The minimum Gasteiger partial charge on any atom is -0.380 e. The predicted octanol–water partition coefficient (Wildman–Crippen LogP) is 0.862. The van der Waals surface area contributed by atoms with Crippen LogP contribution in [0, 0.1) is 30.3 Å². The van der Waals surface area contributed by atoms with Crippen LogP contribution in [0.15, 0.2) is 0 Å². The number of rotatable bonds is 12. The Morgan fingerprint density at radius 2 is 1.00 bits per heavy atom. The van der Waals surface area contributed by atoms with Crippen molar-refractivity contribution >= 4 is 31.9 Å². The molecule has 0 aliphatic rings. The van der Waals surface area contributed by atoms with Crippen LogP contribution in [-0.2, 0) is 41.5 Å². The Morgan fingerprint density at radius 1 is 0.720 bits per heavy atom. The van der Waals surface area contributed by atoms with Crippen molar-refractivity contribution in [1.29, 1.82) is 0 Å². The Balaban J connectivity index is -0.000000155. The Morgan fingerprint density at radius 3 is 1.24 bits per heavy atom. The zero-order valence-corrected chi connectivity index (χ0v) is 17.2. The van der Waals surface area contributed by atoms with Gasteiger partial charge in [0.15, 0.2) is 0 Å². The van der Waals surface area contributed by atoms with Crippen molar-refractivity contribution < 1.29 is 62.0 Å². The van der Waals surface area contributed by atoms with E-state index in [4.69, 9.17) is 20.1 Å². The molecule has 1 radical (unpaired) electrons. The van der Waals surface area contributed by atoms with Gasteiger partial charge in [0.1, 0.15) is 13.2 Å². The largest absolute Gasteiger partial charge is 0.380 e. The summed E-state index contributed by atoms with van der Waals surface area (Å²) in [6.07, 6.45) is 0. The number of alkyl halides is 2. The van der Waals surface area contributed by atoms with Crippen LogP contribution in [-0.4, -0.2) is 70.8 Å². The topological polar surface area (TPSA) is 187 Å². The predicted molar refractivity (Wildman–Crippen MR) is 83.9 cm³/mol. The summed E-state index contributed by atoms with van der Waals surface area (Å²) >= 11 is 6.48. The molecule has 0 heterocycles. The van der Waals surface area contributed by atoms with Gasteiger partial charge in [0.2, 0.25) is 0 Å². The zero-order chi connectivity index (χ0) is 19.2. The second-order valence-electron chi connectivity index (χ2n) is 2.95. The summed E-state index contributed by atoms with van der Waals surface area (Å²) in [7, 11) is 0. The smallest absolute Gasteiger partial charge is 0.294 e. The van der Waals surface area contributed by atoms with Crippen LogP contribution in [0.25, 0.3) is 0 Å². The van der Waals surface area contributed by atoms with Crippen LogP contribution >= 0.6 is 31.9 Å². The standard InChI is InChI=1S/C4H8Br2O.C4H8N2O7.Ag.HNO3/c5-1-3-7-4-2-6;7-5(8)12-3-1-11-2-4-13-6(9)10;;2-1(3)4/h1-4H2;1-4H2;;(H,2,3,4). The van der Waals surface area contributed by atoms with E-state index in [0.29, 0.717) is 0 Å². The van der Waals surface area contributed by atoms with Gasteiger partial charge in [0.25, 0.3) is 15.3 Å². The van der Waals surface area contributed by atoms with Gasteiger partial charge >= 0.3 is 0 Å². The third kappa shape index (κ3) is 59.8. The average molecular weight is 599 g/mol. The Bertz CT molecular complexity index is 304. The van der Waals surface area contributed by atoms with E-state index < -0.39 is 15.3 Å². The first-order valence-corrected chi connectivity index (χ1v) is 8.17. The van der Waals surface area contributed by atoms with Crippen LogP contribution in [0.1, 0.15) is 0 Å². The van der Waals surface area contributed by atoms with Crippen LogP contribution in [0.2, 0.25) is 0 Å². The van der Waals surface area contributed by atoms with E-state index in [-0.39, 0.29) is 48.8 Å². The minimum absolute atomic E-state index is 0. The fourth-order valence-electron chi connectivity index (χ4n) is 0.655. The first-order chi connectivity index (χ1) is 11.3. The molecule has 0 saturated heterocycles. The summed E-state index contributed by atoms with van der Waals surface area (Å²) < 4.78 is 9.71. The van der Waals surface area contributed by atoms with Gasteiger partial charge in [-0.15, -0.1) is 30.3 Å². The molecule has 0 saturated carbocycles. The molecule has 0 bridgehead atoms. The fraction of sp³-hybridized carbons (Fsp3) is 1.00. The van der Waals surface area contributed by atoms with E-state index in [2.05, 4.69) is 46.3 Å². The fourth-order valence-corrected chi connectivity index (χ4v) is 1.11. The van der Waals surface area contributed by atoms with E-state index in [0.717, 1.165) is 23.9 Å². The number of ether oxygens (including phenoxy) is 2. The molecule has 0 atom stereocenters. The van der Waals surface area contributed by atoms with Crippen molar-refractivity contribution in [3.63, 3.8) is 0 Å². The maximum Gasteiger partial charge on any atom is 0.294 e. The van der Waals surface area contributed by atoms with Crippen LogP contribution in [0.3, 0.4) is 0 Å². The first-order valence-electron chi connectivity index (χ1n) is 5.93. The van der Waals surface area contributed by atoms with Gasteiger partial charge in [-0.2, -0.15) is 0 Å². The Hall–Kier alpha value is -0.780. The van der Waals surface area contributed by atoms with Crippen molar-refractivity contribution in [1.82, 2.24) is 0 Å². The average Bonchev–Trinajstić information content (AvgIpc) is 2.46. The molecule has 1 N–H and O–H groups in total. The summed E-state index contributed by atoms with van der Waals surface area (Å²) in [5.74, 6) is 0. The molecule has 0 aromatic rings. The summed E-state index contributed by atoms with van der Waals surface area (Å²) in [4.78, 5) is 35.3. The molecular formula is C8H17AgBr2N3O11. The van der Waals surface area contributed by atoms with Crippen LogP contribution in [0.5, 0.6) is 0 Å². The second-order valence-corrected chi connectivity index (χ2v) is 4.54. The van der Waals surface area contributed by atoms with Crippen molar-refractivity contribution in [2.45, 2.75) is 0 Å². The van der Waals surface area contributed by atoms with E-state index in [9.17, 15) is 20.2 Å². The molecule has 0 amide bonds. The molecule has 0 aromatic carbocycles. The maximum absolute atomic E-state index is 9.59. The molecule has 0 aliphatic carbocycles. The summed E-state index contributed by atoms with van der Waals surface area (Å²) in [6, 6.07) is 0. The molecule has 0 unspecified atom stereocenters. The van der Waals surface area contributed by atoms with Gasteiger partial charge in [-0.25, -0.2) is 0 Å². The number of nitrogens with zero attached hydrogens (tertiary/aromatic N) is 3. The van der Waals surface area contributed by atoms with Crippen molar-refractivity contribution in [3.05, 3.63) is 30.3 Å². The Kier molecular flexibility index (Phi) is 35.8. The molecular weight excluding hydrogens is 582 g/mol. The molecule has 0 spiro atoms. The molecule has 17 heteroatoms. The molecule has 25 heavy (non-hydrogen) atoms. The van der Waals surface area contributed by atoms with E-state index in [1.54, 1.807) is 0 Å². The molecule has 0 aliphatic heterocycles. The second kappa shape index (κ2) is 28.0. The van der Waals surface area contributed by atoms with Crippen LogP contribution in [0.4, 0.5) is 0 Å². The van der Waals surface area contributed by atoms with Crippen molar-refractivity contribution in [2.75, 3.05) is 50.3 Å². The third-order valence-corrected chi connectivity index (χ3v) is 1.94. The quantitative estimate of drug-likeness (QED) is 0.110. The SMILES string of the molecule is BrCCOCCBr.O=[N+]([O-])O.O=[N+]([O-])OCCOCCO[N+](=O)[O-].[Ag]. The molecule has 0 rings (SSSR count). The van der Waals surface area contributed by atoms with Crippen molar-refractivity contribution in [2.24, 2.45) is 0 Å². The number of halogens is 2. The van der Waals surface area contributed by atoms with Gasteiger partial charge in [-0.1, -0.05) is 31.9 Å². The molecule has 14 nitrogen and oxygen atoms in total. The molecule has 0 aromatic heterocycles. The molecule has 155 valence electrons. The van der Waals surface area contributed by atoms with E-state index in [1.165, 1.54) is 0 Å². The summed E-state index contributed by atoms with van der Waals surface area (Å²) in [5.41, 5.74) is 0. The van der Waals surface area contributed by atoms with Gasteiger partial charge < -0.3 is 24.4 Å². The Labute approximate surface area is 174 Å². The monoisotopic (exact) mass is 596 g/mol. The van der Waals surface area contributed by atoms with Crippen molar-refractivity contribution in [3.8, 4) is 0 Å². The minimum atomic E-state index is -1.50. The number of hydrogen-bond acceptors (Lipinski definition) is 10. The maximum atomic E-state index is 9.59. The van der Waals surface area contributed by atoms with Gasteiger partial charge in [-0.3, -0.25) is 0 Å². The zero-order valence-electron chi connectivity index (χ0n) is 12.6. The summed E-state index contributed by atoms with van der Waals surface area (Å²) in [6.45, 7) is 1.19. The van der Waals surface area contributed by atoms with E-state index in [1.807, 2.05) is 0 Å². The van der Waals surface area contributed by atoms with Crippen LogP contribution < -0.4 is 0 Å². The van der Waals surface area contributed by atoms with E-state index >= 15 is 0 Å². The van der Waals surface area contributed by atoms with Gasteiger partial charge in [0.05, 0.1) is 26.4 Å². The van der Waals surface area contributed by atoms with Gasteiger partial charge in [0, 0.05) is 33.0 Å². The summed E-state index contributed by atoms with van der Waals surface area (Å²) in [5, 5.41) is 32.8. The number of hydrogen-bond donors (Lipinski definition) is 1. The first kappa shape index (κ1) is 31.9. The normalized spacial score (nSPS) is 8.40. The molecule has 0 fully saturated rings. The third-order valence-electron chi connectivity index (χ3n) is 1.29.